The predicted octanol–water partition coefficient (Wildman–Crippen LogP) is 0.158. The molecule has 2 N–H and O–H groups in total. The van der Waals surface area contributed by atoms with E-state index in [0.717, 1.165) is 11.3 Å². The van der Waals surface area contributed by atoms with Crippen molar-refractivity contribution < 1.29 is 18.3 Å². The van der Waals surface area contributed by atoms with E-state index < -0.39 is 33.2 Å². The zero-order valence-corrected chi connectivity index (χ0v) is 11.8. The van der Waals surface area contributed by atoms with Gasteiger partial charge in [-0.3, -0.25) is 9.59 Å². The molecule has 10 heteroatoms. The lowest BCUT2D eigenvalue weighted by Gasteiger charge is -2.22. The van der Waals surface area contributed by atoms with Crippen molar-refractivity contribution in [3.63, 3.8) is 0 Å². The van der Waals surface area contributed by atoms with E-state index in [1.54, 1.807) is 6.92 Å². The number of allylic oxidation sites excluding steroid dienone is 1. The van der Waals surface area contributed by atoms with Crippen LogP contribution >= 0.6 is 11.3 Å². The fourth-order valence-corrected chi connectivity index (χ4v) is 3.34. The molecule has 0 amide bonds. The second-order valence-electron chi connectivity index (χ2n) is 4.09. The molecule has 1 atom stereocenters. The van der Waals surface area contributed by atoms with E-state index in [4.69, 9.17) is 5.11 Å². The van der Waals surface area contributed by atoms with E-state index in [9.17, 15) is 18.0 Å². The lowest BCUT2D eigenvalue weighted by atomic mass is 9.92. The number of aliphatic carboxylic acids is 1. The monoisotopic (exact) mass is 315 g/mol. The van der Waals surface area contributed by atoms with Crippen LogP contribution in [0.2, 0.25) is 0 Å². The van der Waals surface area contributed by atoms with Gasteiger partial charge in [-0.1, -0.05) is 11.3 Å². The van der Waals surface area contributed by atoms with Gasteiger partial charge in [0.1, 0.15) is 10.4 Å². The van der Waals surface area contributed by atoms with Crippen LogP contribution < -0.4 is 4.87 Å². The molecule has 1 aliphatic carbocycles. The summed E-state index contributed by atoms with van der Waals surface area (Å²) < 4.78 is 22.2. The normalized spacial score (nSPS) is 21.1. The highest BCUT2D eigenvalue weighted by molar-refractivity contribution is 7.74. The quantitative estimate of drug-likeness (QED) is 0.606. The van der Waals surface area contributed by atoms with Crippen molar-refractivity contribution in [2.75, 3.05) is 6.54 Å². The minimum absolute atomic E-state index is 0.00532. The molecule has 0 aromatic carbocycles. The van der Waals surface area contributed by atoms with Crippen LogP contribution in [0.5, 0.6) is 0 Å². The molecule has 0 spiro atoms. The molecule has 2 rings (SSSR count). The third-order valence-electron chi connectivity index (χ3n) is 2.60. The maximum atomic E-state index is 11.4. The summed E-state index contributed by atoms with van der Waals surface area (Å²) in [6, 6.07) is 0. The minimum Gasteiger partial charge on any atom is -0.480 e. The number of hydrogen-bond donors (Lipinski definition) is 2. The van der Waals surface area contributed by atoms with Crippen LogP contribution in [0, 0.1) is 0 Å². The number of nitrogens with one attached hydrogen (secondary N) is 1. The Morgan fingerprint density at radius 1 is 1.55 bits per heavy atom. The summed E-state index contributed by atoms with van der Waals surface area (Å²) >= 11 is 0.758. The van der Waals surface area contributed by atoms with Crippen molar-refractivity contribution in [3.8, 4) is 0 Å². The fourth-order valence-electron chi connectivity index (χ4n) is 1.71. The summed E-state index contributed by atoms with van der Waals surface area (Å²) in [5.74, 6) is -1.14. The molecule has 0 fully saturated rings. The van der Waals surface area contributed by atoms with Gasteiger partial charge in [-0.2, -0.15) is 18.6 Å². The van der Waals surface area contributed by atoms with E-state index in [-0.39, 0.29) is 9.74 Å². The van der Waals surface area contributed by atoms with Crippen LogP contribution in [0.1, 0.15) is 17.5 Å². The maximum absolute atomic E-state index is 11.4. The summed E-state index contributed by atoms with van der Waals surface area (Å²) in [7, 11) is -2.48. The van der Waals surface area contributed by atoms with Crippen molar-refractivity contribution in [2.24, 2.45) is 10.2 Å². The van der Waals surface area contributed by atoms with Gasteiger partial charge in [-0.05, 0) is 19.1 Å². The van der Waals surface area contributed by atoms with E-state index in [1.807, 2.05) is 0 Å². The molecule has 1 unspecified atom stereocenters. The first kappa shape index (κ1) is 14.3. The Labute approximate surface area is 118 Å². The van der Waals surface area contributed by atoms with Crippen LogP contribution in [0.25, 0.3) is 0 Å². The highest BCUT2D eigenvalue weighted by atomic mass is 32.2. The van der Waals surface area contributed by atoms with E-state index >= 15 is 0 Å². The Balaban J connectivity index is 2.56. The standard InChI is InChI=1S/C10H9N3O5S2/c1-10(13-11-4-6(14)15)3-2-5(20(17)18)7-8(10)12-9(16)19-7/h2-3H,4H2,1H3,(H,12,16)(H,14,15). The number of hydrogen-bond acceptors (Lipinski definition) is 7. The number of azo groups is 1. The van der Waals surface area contributed by atoms with Crippen molar-refractivity contribution >= 4 is 32.5 Å². The Morgan fingerprint density at radius 3 is 2.85 bits per heavy atom. The first-order valence-electron chi connectivity index (χ1n) is 5.33. The zero-order chi connectivity index (χ0) is 14.9. The second-order valence-corrected chi connectivity index (χ2v) is 5.98. The van der Waals surface area contributed by atoms with Crippen LogP contribution in [0.4, 0.5) is 0 Å². The van der Waals surface area contributed by atoms with Gasteiger partial charge >= 0.3 is 10.8 Å². The smallest absolute Gasteiger partial charge is 0.327 e. The molecule has 0 aliphatic heterocycles. The molecule has 20 heavy (non-hydrogen) atoms. The summed E-state index contributed by atoms with van der Waals surface area (Å²) in [6.45, 7) is 1.10. The third-order valence-corrected chi connectivity index (χ3v) is 4.35. The zero-order valence-electron chi connectivity index (χ0n) is 10.2. The van der Waals surface area contributed by atoms with Gasteiger partial charge in [0, 0.05) is 0 Å². The predicted molar refractivity (Wildman–Crippen MR) is 71.8 cm³/mol. The molecule has 106 valence electrons. The number of carboxylic acids is 1. The van der Waals surface area contributed by atoms with Gasteiger partial charge in [-0.15, -0.1) is 0 Å². The van der Waals surface area contributed by atoms with Gasteiger partial charge in [0.2, 0.25) is 10.3 Å². The number of aromatic nitrogens is 1. The maximum Gasteiger partial charge on any atom is 0.327 e. The molecule has 8 nitrogen and oxygen atoms in total. The average Bonchev–Trinajstić information content (AvgIpc) is 2.71. The van der Waals surface area contributed by atoms with Crippen molar-refractivity contribution in [2.45, 2.75) is 12.5 Å². The first-order valence-corrected chi connectivity index (χ1v) is 7.22. The fraction of sp³-hybridized carbons (Fsp3) is 0.300. The summed E-state index contributed by atoms with van der Waals surface area (Å²) in [5, 5.41) is 15.9. The minimum atomic E-state index is -2.48. The van der Waals surface area contributed by atoms with Crippen LogP contribution in [-0.4, -0.2) is 35.9 Å². The highest BCUT2D eigenvalue weighted by Gasteiger charge is 2.34. The van der Waals surface area contributed by atoms with Crippen molar-refractivity contribution in [3.05, 3.63) is 32.4 Å². The van der Waals surface area contributed by atoms with E-state index in [2.05, 4.69) is 15.2 Å². The van der Waals surface area contributed by atoms with Crippen molar-refractivity contribution in [1.29, 1.82) is 0 Å². The SMILES string of the molecule is CC1(N=NCC(=O)O)C=CC(=S(=O)=O)c2sc(=O)[nH]c21. The van der Waals surface area contributed by atoms with Crippen LogP contribution in [-0.2, 0) is 20.6 Å². The molecule has 1 aromatic heterocycles. The Hall–Kier alpha value is -2.07. The number of carboxylic acid groups (broad SMARTS) is 1. The van der Waals surface area contributed by atoms with Gasteiger partial charge in [0.25, 0.3) is 0 Å². The Bertz CT molecular complexity index is 806. The lowest BCUT2D eigenvalue weighted by Crippen LogP contribution is -2.24. The lowest BCUT2D eigenvalue weighted by molar-refractivity contribution is -0.135. The second kappa shape index (κ2) is 5.13. The number of rotatable bonds is 3. The Morgan fingerprint density at radius 2 is 2.25 bits per heavy atom. The largest absolute Gasteiger partial charge is 0.480 e. The van der Waals surface area contributed by atoms with Gasteiger partial charge < -0.3 is 10.1 Å². The molecule has 0 saturated heterocycles. The molecule has 1 heterocycles. The topological polar surface area (TPSA) is 129 Å². The molecule has 0 radical (unpaired) electrons. The number of nitrogens with zero attached hydrogens (tertiary/aromatic N) is 2. The number of thiazole rings is 1. The highest BCUT2D eigenvalue weighted by Crippen LogP contribution is 2.33. The van der Waals surface area contributed by atoms with E-state index in [1.165, 1.54) is 12.2 Å². The van der Waals surface area contributed by atoms with Crippen LogP contribution in [0.3, 0.4) is 0 Å². The number of fused-ring (bicyclic) bond motifs is 1. The summed E-state index contributed by atoms with van der Waals surface area (Å²) in [6.07, 6.45) is 2.78. The molecule has 0 saturated carbocycles. The van der Waals surface area contributed by atoms with Gasteiger partial charge in [-0.25, -0.2) is 0 Å². The Kier molecular flexibility index (Phi) is 3.68. The molecule has 1 aromatic rings. The molecule has 1 aliphatic rings. The number of aromatic amines is 1. The number of H-pyrrole nitrogens is 1. The summed E-state index contributed by atoms with van der Waals surface area (Å²) in [4.78, 5) is 24.2. The molecular weight excluding hydrogens is 306 g/mol. The van der Waals surface area contributed by atoms with E-state index in [0.29, 0.717) is 5.69 Å². The molecule has 0 bridgehead atoms. The number of carbonyl (C=O) groups is 1. The average molecular weight is 315 g/mol. The first-order chi connectivity index (χ1) is 9.33. The van der Waals surface area contributed by atoms with Crippen molar-refractivity contribution in [1.82, 2.24) is 4.98 Å². The van der Waals surface area contributed by atoms with Gasteiger partial charge in [0.05, 0.1) is 10.6 Å². The molecular formula is C10H9N3O5S2. The third kappa shape index (κ3) is 2.60. The van der Waals surface area contributed by atoms with Crippen LogP contribution in [0.15, 0.2) is 27.2 Å². The summed E-state index contributed by atoms with van der Waals surface area (Å²) in [5.41, 5.74) is -0.796. The van der Waals surface area contributed by atoms with Gasteiger partial charge in [0.15, 0.2) is 6.54 Å².